The van der Waals surface area contributed by atoms with Gasteiger partial charge in [0.05, 0.1) is 12.2 Å². The van der Waals surface area contributed by atoms with Crippen molar-refractivity contribution >= 4 is 5.91 Å². The molecule has 1 amide bonds. The van der Waals surface area contributed by atoms with Crippen LogP contribution in [-0.4, -0.2) is 36.1 Å². The lowest BCUT2D eigenvalue weighted by Gasteiger charge is -2.35. The molecule has 0 bridgehead atoms. The zero-order chi connectivity index (χ0) is 13.0. The van der Waals surface area contributed by atoms with Crippen LogP contribution in [0, 0.1) is 5.92 Å². The first-order valence-electron chi connectivity index (χ1n) is 7.61. The molecule has 3 nitrogen and oxygen atoms in total. The molecule has 1 saturated carbocycles. The van der Waals surface area contributed by atoms with Crippen molar-refractivity contribution < 1.29 is 9.53 Å². The standard InChI is InChI=1S/C15H27NO2/c1-12(2)18-14-8-10-16(11-9-14)15(17)13-6-4-3-5-7-13/h12-14H,3-11H2,1-2H3. The van der Waals surface area contributed by atoms with Crippen LogP contribution in [0.15, 0.2) is 0 Å². The molecular weight excluding hydrogens is 226 g/mol. The fourth-order valence-electron chi connectivity index (χ4n) is 3.20. The summed E-state index contributed by atoms with van der Waals surface area (Å²) in [7, 11) is 0. The molecule has 0 unspecified atom stereocenters. The van der Waals surface area contributed by atoms with E-state index in [-0.39, 0.29) is 0 Å². The summed E-state index contributed by atoms with van der Waals surface area (Å²) in [4.78, 5) is 14.4. The molecule has 18 heavy (non-hydrogen) atoms. The lowest BCUT2D eigenvalue weighted by molar-refractivity contribution is -0.139. The van der Waals surface area contributed by atoms with Crippen molar-refractivity contribution in [3.05, 3.63) is 0 Å². The van der Waals surface area contributed by atoms with Crippen molar-refractivity contribution in [2.24, 2.45) is 5.92 Å². The summed E-state index contributed by atoms with van der Waals surface area (Å²) in [5.74, 6) is 0.735. The van der Waals surface area contributed by atoms with E-state index in [1.807, 2.05) is 0 Å². The molecular formula is C15H27NO2. The van der Waals surface area contributed by atoms with E-state index in [2.05, 4.69) is 18.7 Å². The molecule has 1 saturated heterocycles. The van der Waals surface area contributed by atoms with Gasteiger partial charge in [-0.25, -0.2) is 0 Å². The van der Waals surface area contributed by atoms with Crippen LogP contribution in [0.5, 0.6) is 0 Å². The fourth-order valence-corrected chi connectivity index (χ4v) is 3.20. The molecule has 2 fully saturated rings. The van der Waals surface area contributed by atoms with Gasteiger partial charge in [0.15, 0.2) is 0 Å². The number of amides is 1. The van der Waals surface area contributed by atoms with Crippen molar-refractivity contribution in [2.75, 3.05) is 13.1 Å². The van der Waals surface area contributed by atoms with Crippen LogP contribution in [-0.2, 0) is 9.53 Å². The second-order valence-corrected chi connectivity index (χ2v) is 6.04. The summed E-state index contributed by atoms with van der Waals surface area (Å²) in [6.45, 7) is 5.96. The predicted molar refractivity (Wildman–Crippen MR) is 72.4 cm³/mol. The molecule has 2 aliphatic rings. The number of hydrogen-bond acceptors (Lipinski definition) is 2. The van der Waals surface area contributed by atoms with E-state index in [1.165, 1.54) is 19.3 Å². The topological polar surface area (TPSA) is 29.5 Å². The summed E-state index contributed by atoms with van der Waals surface area (Å²) in [6, 6.07) is 0. The van der Waals surface area contributed by atoms with Crippen LogP contribution < -0.4 is 0 Å². The van der Waals surface area contributed by atoms with Crippen molar-refractivity contribution in [3.63, 3.8) is 0 Å². The molecule has 0 spiro atoms. The molecule has 0 atom stereocenters. The molecule has 1 heterocycles. The van der Waals surface area contributed by atoms with E-state index in [0.29, 0.717) is 24.0 Å². The SMILES string of the molecule is CC(C)OC1CCN(C(=O)C2CCCCC2)CC1. The third kappa shape index (κ3) is 3.71. The number of hydrogen-bond donors (Lipinski definition) is 0. The largest absolute Gasteiger partial charge is 0.375 e. The maximum atomic E-state index is 12.4. The number of piperidine rings is 1. The summed E-state index contributed by atoms with van der Waals surface area (Å²) >= 11 is 0. The van der Waals surface area contributed by atoms with Crippen LogP contribution in [0.3, 0.4) is 0 Å². The van der Waals surface area contributed by atoms with E-state index in [4.69, 9.17) is 4.74 Å². The van der Waals surface area contributed by atoms with E-state index in [9.17, 15) is 4.79 Å². The Morgan fingerprint density at radius 1 is 1.06 bits per heavy atom. The second-order valence-electron chi connectivity index (χ2n) is 6.04. The lowest BCUT2D eigenvalue weighted by Crippen LogP contribution is -2.44. The normalized spacial score (nSPS) is 23.6. The summed E-state index contributed by atoms with van der Waals surface area (Å²) in [5.41, 5.74) is 0. The predicted octanol–water partition coefficient (Wildman–Crippen LogP) is 2.98. The van der Waals surface area contributed by atoms with Crippen molar-refractivity contribution in [2.45, 2.75) is 71.0 Å². The third-order valence-corrected chi connectivity index (χ3v) is 4.17. The highest BCUT2D eigenvalue weighted by atomic mass is 16.5. The van der Waals surface area contributed by atoms with Gasteiger partial charge < -0.3 is 9.64 Å². The molecule has 2 rings (SSSR count). The maximum absolute atomic E-state index is 12.4. The molecule has 1 aliphatic heterocycles. The number of nitrogens with zero attached hydrogens (tertiary/aromatic N) is 1. The molecule has 3 heteroatoms. The number of rotatable bonds is 3. The minimum atomic E-state index is 0.301. The van der Waals surface area contributed by atoms with Gasteiger partial charge in [0.25, 0.3) is 0 Å². The first-order chi connectivity index (χ1) is 8.66. The molecule has 104 valence electrons. The van der Waals surface area contributed by atoms with Gasteiger partial charge in [0.1, 0.15) is 0 Å². The van der Waals surface area contributed by atoms with E-state index in [0.717, 1.165) is 38.8 Å². The number of likely N-dealkylation sites (tertiary alicyclic amines) is 1. The highest BCUT2D eigenvalue weighted by molar-refractivity contribution is 5.79. The number of carbonyl (C=O) groups excluding carboxylic acids is 1. The summed E-state index contributed by atoms with van der Waals surface area (Å²) < 4.78 is 5.83. The first kappa shape index (κ1) is 13.9. The zero-order valence-electron chi connectivity index (χ0n) is 11.9. The highest BCUT2D eigenvalue weighted by Crippen LogP contribution is 2.27. The van der Waals surface area contributed by atoms with Gasteiger partial charge in [-0.3, -0.25) is 4.79 Å². The Bertz CT molecular complexity index is 264. The van der Waals surface area contributed by atoms with Crippen LogP contribution >= 0.6 is 0 Å². The maximum Gasteiger partial charge on any atom is 0.225 e. The number of ether oxygens (including phenoxy) is 1. The Balaban J connectivity index is 1.76. The minimum Gasteiger partial charge on any atom is -0.375 e. The zero-order valence-corrected chi connectivity index (χ0v) is 11.9. The third-order valence-electron chi connectivity index (χ3n) is 4.17. The fraction of sp³-hybridized carbons (Fsp3) is 0.933. The molecule has 0 radical (unpaired) electrons. The van der Waals surface area contributed by atoms with E-state index in [1.54, 1.807) is 0 Å². The van der Waals surface area contributed by atoms with Crippen molar-refractivity contribution in [1.29, 1.82) is 0 Å². The van der Waals surface area contributed by atoms with E-state index >= 15 is 0 Å². The van der Waals surface area contributed by atoms with Gasteiger partial charge in [-0.2, -0.15) is 0 Å². The molecule has 0 aromatic heterocycles. The Morgan fingerprint density at radius 2 is 1.67 bits per heavy atom. The Kier molecular flexibility index (Phi) is 5.04. The Morgan fingerprint density at radius 3 is 2.22 bits per heavy atom. The van der Waals surface area contributed by atoms with Gasteiger partial charge in [0, 0.05) is 19.0 Å². The smallest absolute Gasteiger partial charge is 0.225 e. The average Bonchev–Trinajstić information content (AvgIpc) is 2.39. The van der Waals surface area contributed by atoms with Crippen molar-refractivity contribution in [3.8, 4) is 0 Å². The quantitative estimate of drug-likeness (QED) is 0.774. The van der Waals surface area contributed by atoms with E-state index < -0.39 is 0 Å². The minimum absolute atomic E-state index is 0.301. The van der Waals surface area contributed by atoms with Crippen LogP contribution in [0.25, 0.3) is 0 Å². The Labute approximate surface area is 111 Å². The van der Waals surface area contributed by atoms with Gasteiger partial charge in [0.2, 0.25) is 5.91 Å². The van der Waals surface area contributed by atoms with Gasteiger partial charge in [-0.1, -0.05) is 19.3 Å². The molecule has 1 aliphatic carbocycles. The van der Waals surface area contributed by atoms with Crippen LogP contribution in [0.4, 0.5) is 0 Å². The average molecular weight is 253 g/mol. The van der Waals surface area contributed by atoms with Crippen molar-refractivity contribution in [1.82, 2.24) is 4.90 Å². The van der Waals surface area contributed by atoms with Crippen LogP contribution in [0.1, 0.15) is 58.8 Å². The lowest BCUT2D eigenvalue weighted by atomic mass is 9.88. The Hall–Kier alpha value is -0.570. The second kappa shape index (κ2) is 6.55. The molecule has 0 aromatic carbocycles. The van der Waals surface area contributed by atoms with Crippen LogP contribution in [0.2, 0.25) is 0 Å². The number of carbonyl (C=O) groups is 1. The molecule has 0 N–H and O–H groups in total. The van der Waals surface area contributed by atoms with Gasteiger partial charge in [-0.15, -0.1) is 0 Å². The monoisotopic (exact) mass is 253 g/mol. The molecule has 0 aromatic rings. The summed E-state index contributed by atoms with van der Waals surface area (Å²) in [6.07, 6.45) is 8.70. The van der Waals surface area contributed by atoms with Gasteiger partial charge >= 0.3 is 0 Å². The highest BCUT2D eigenvalue weighted by Gasteiger charge is 2.29. The summed E-state index contributed by atoms with van der Waals surface area (Å²) in [5, 5.41) is 0. The van der Waals surface area contributed by atoms with Gasteiger partial charge in [-0.05, 0) is 39.5 Å². The first-order valence-corrected chi connectivity index (χ1v) is 7.61.